The van der Waals surface area contributed by atoms with Crippen LogP contribution >= 0.6 is 11.8 Å². The third kappa shape index (κ3) is 6.86. The maximum atomic E-state index is 5.29. The molecule has 0 spiro atoms. The summed E-state index contributed by atoms with van der Waals surface area (Å²) in [5, 5.41) is 4.93. The van der Waals surface area contributed by atoms with Crippen molar-refractivity contribution in [2.45, 2.75) is 22.1 Å². The summed E-state index contributed by atoms with van der Waals surface area (Å²) in [6, 6.07) is 78.7. The minimum atomic E-state index is 0.338. The summed E-state index contributed by atoms with van der Waals surface area (Å²) < 4.78 is 2.48. The summed E-state index contributed by atoms with van der Waals surface area (Å²) in [5.41, 5.74) is 15.5. The van der Waals surface area contributed by atoms with Crippen molar-refractivity contribution < 1.29 is 0 Å². The zero-order valence-corrected chi connectivity index (χ0v) is 37.3. The maximum absolute atomic E-state index is 5.29. The molecule has 67 heavy (non-hydrogen) atoms. The van der Waals surface area contributed by atoms with Gasteiger partial charge in [0, 0.05) is 54.5 Å². The van der Waals surface area contributed by atoms with Crippen molar-refractivity contribution >= 4 is 67.0 Å². The van der Waals surface area contributed by atoms with Crippen LogP contribution in [0.4, 0.5) is 17.1 Å². The van der Waals surface area contributed by atoms with Gasteiger partial charge in [-0.1, -0.05) is 188 Å². The fourth-order valence-corrected chi connectivity index (χ4v) is 11.2. The van der Waals surface area contributed by atoms with Gasteiger partial charge >= 0.3 is 0 Å². The van der Waals surface area contributed by atoms with E-state index in [2.05, 4.69) is 240 Å². The number of nitrogens with zero attached hydrogens (tertiary/aromatic N) is 4. The van der Waals surface area contributed by atoms with Crippen LogP contribution in [0.2, 0.25) is 0 Å². The first kappa shape index (κ1) is 39.1. The molecule has 2 aliphatic rings. The lowest BCUT2D eigenvalue weighted by molar-refractivity contribution is 0.855. The molecule has 0 saturated carbocycles. The van der Waals surface area contributed by atoms with E-state index in [0.29, 0.717) is 11.7 Å². The van der Waals surface area contributed by atoms with Crippen LogP contribution in [0.5, 0.6) is 0 Å². The van der Waals surface area contributed by atoms with Crippen molar-refractivity contribution in [2.24, 2.45) is 0 Å². The van der Waals surface area contributed by atoms with Gasteiger partial charge in [-0.2, -0.15) is 0 Å². The van der Waals surface area contributed by atoms with E-state index in [0.717, 1.165) is 51.4 Å². The zero-order valence-electron chi connectivity index (χ0n) is 36.5. The Hall–Kier alpha value is -8.25. The molecule has 1 aliphatic carbocycles. The fourth-order valence-electron chi connectivity index (χ4n) is 10.1. The molecular weight excluding hydrogens is 833 g/mol. The Morgan fingerprint density at radius 1 is 0.493 bits per heavy atom. The van der Waals surface area contributed by atoms with Gasteiger partial charge in [-0.15, -0.1) is 0 Å². The maximum Gasteiger partial charge on any atom is 0.160 e. The van der Waals surface area contributed by atoms with Gasteiger partial charge in [-0.05, 0) is 94.6 Å². The van der Waals surface area contributed by atoms with E-state index in [4.69, 9.17) is 9.97 Å². The Morgan fingerprint density at radius 3 is 2.04 bits per heavy atom. The van der Waals surface area contributed by atoms with Crippen LogP contribution in [0.3, 0.4) is 0 Å². The minimum absolute atomic E-state index is 0.338. The largest absolute Gasteiger partial charge is 0.309 e. The molecule has 0 bridgehead atoms. The van der Waals surface area contributed by atoms with Gasteiger partial charge < -0.3 is 9.47 Å². The molecule has 0 N–H and O–H groups in total. The molecule has 13 rings (SSSR count). The molecule has 11 aromatic rings. The monoisotopic (exact) mass is 874 g/mol. The van der Waals surface area contributed by atoms with Gasteiger partial charge in [0.1, 0.15) is 0 Å². The van der Waals surface area contributed by atoms with Gasteiger partial charge in [0.05, 0.1) is 33.8 Å². The van der Waals surface area contributed by atoms with Gasteiger partial charge in [0.25, 0.3) is 0 Å². The van der Waals surface area contributed by atoms with Crippen molar-refractivity contribution in [1.29, 1.82) is 0 Å². The third-order valence-corrected chi connectivity index (χ3v) is 14.4. The van der Waals surface area contributed by atoms with E-state index in [1.165, 1.54) is 64.9 Å². The van der Waals surface area contributed by atoms with E-state index in [1.807, 2.05) is 17.8 Å². The van der Waals surface area contributed by atoms with Gasteiger partial charge in [0.15, 0.2) is 5.82 Å². The first-order valence-electron chi connectivity index (χ1n) is 22.9. The molecule has 316 valence electrons. The highest BCUT2D eigenvalue weighted by Gasteiger charge is 2.26. The molecule has 2 aromatic heterocycles. The molecular formula is C62H42N4S. The number of fused-ring (bicyclic) bond motifs is 7. The Morgan fingerprint density at radius 2 is 1.19 bits per heavy atom. The second-order valence-corrected chi connectivity index (χ2v) is 18.4. The Labute approximate surface area is 393 Å². The van der Waals surface area contributed by atoms with Crippen LogP contribution in [-0.4, -0.2) is 14.5 Å². The average Bonchev–Trinajstić information content (AvgIpc) is 3.76. The summed E-state index contributed by atoms with van der Waals surface area (Å²) in [4.78, 5) is 15.3. The number of anilines is 3. The third-order valence-electron chi connectivity index (χ3n) is 13.3. The number of para-hydroxylation sites is 3. The molecule has 4 nitrogen and oxygen atoms in total. The molecule has 3 heterocycles. The van der Waals surface area contributed by atoms with Crippen molar-refractivity contribution in [3.05, 3.63) is 248 Å². The predicted octanol–water partition coefficient (Wildman–Crippen LogP) is 16.8. The van der Waals surface area contributed by atoms with Gasteiger partial charge in [0.2, 0.25) is 0 Å². The van der Waals surface area contributed by atoms with E-state index in [9.17, 15) is 0 Å². The predicted molar refractivity (Wildman–Crippen MR) is 280 cm³/mol. The normalized spacial score (nSPS) is 14.3. The quantitative estimate of drug-likeness (QED) is 0.160. The number of allylic oxidation sites excluding steroid dienone is 4. The number of rotatable bonds is 7. The molecule has 1 unspecified atom stereocenters. The summed E-state index contributed by atoms with van der Waals surface area (Å²) in [5.74, 6) is 1.05. The van der Waals surface area contributed by atoms with Gasteiger partial charge in [-0.25, -0.2) is 9.97 Å². The molecule has 0 radical (unpaired) electrons. The van der Waals surface area contributed by atoms with E-state index < -0.39 is 0 Å². The molecule has 9 aromatic carbocycles. The molecule has 0 fully saturated rings. The highest BCUT2D eigenvalue weighted by molar-refractivity contribution is 7.99. The van der Waals surface area contributed by atoms with Crippen LogP contribution < -0.4 is 4.90 Å². The van der Waals surface area contributed by atoms with Crippen LogP contribution in [0.25, 0.3) is 77.6 Å². The van der Waals surface area contributed by atoms with E-state index in [1.54, 1.807) is 0 Å². The summed E-state index contributed by atoms with van der Waals surface area (Å²) in [6.07, 6.45) is 7.80. The average molecular weight is 875 g/mol. The Balaban J connectivity index is 0.981. The number of hydrogen-bond donors (Lipinski definition) is 0. The standard InChI is InChI=1S/C62H42N4S/c1-4-16-41(17-5-1)42-30-32-44(33-31-42)53-40-54(64-62(63-53)45-19-6-2-7-20-45)47-21-14-24-49(38-47)66-57-37-34-43-18-10-11-25-50(43)60(57)52-27-15-26-51(61(52)66)46-35-36-56-59(39-46)67-58-29-13-12-28-55(58)65(56)48-22-8-3-9-23-48/h1-30,32-40,42H,31H2. The van der Waals surface area contributed by atoms with E-state index in [-0.39, 0.29) is 0 Å². The van der Waals surface area contributed by atoms with Crippen LogP contribution in [-0.2, 0) is 0 Å². The Kier molecular flexibility index (Phi) is 9.54. The first-order chi connectivity index (χ1) is 33.2. The molecule has 0 saturated heterocycles. The SMILES string of the molecule is C1=CC(c2ccccc2)CC=C1c1cc(-c2cccc(-n3c4ccc5ccccc5c4c4cccc(-c5ccc6c(c5)Sc5ccccc5N6c5ccccc5)c43)c2)nc(-c2ccccc2)n1. The second kappa shape index (κ2) is 16.3. The van der Waals surface area contributed by atoms with Crippen LogP contribution in [0, 0.1) is 0 Å². The Bertz CT molecular complexity index is 3760. The molecule has 5 heteroatoms. The lowest BCUT2D eigenvalue weighted by Crippen LogP contribution is -2.14. The smallest absolute Gasteiger partial charge is 0.160 e. The van der Waals surface area contributed by atoms with Crippen LogP contribution in [0.15, 0.2) is 246 Å². The number of benzene rings is 9. The topological polar surface area (TPSA) is 34.0 Å². The first-order valence-corrected chi connectivity index (χ1v) is 23.7. The highest BCUT2D eigenvalue weighted by Crippen LogP contribution is 2.53. The van der Waals surface area contributed by atoms with Crippen molar-refractivity contribution in [3.8, 4) is 39.5 Å². The lowest BCUT2D eigenvalue weighted by atomic mass is 9.89. The zero-order chi connectivity index (χ0) is 44.3. The highest BCUT2D eigenvalue weighted by atomic mass is 32.2. The van der Waals surface area contributed by atoms with Crippen LogP contribution in [0.1, 0.15) is 23.6 Å². The van der Waals surface area contributed by atoms with Crippen molar-refractivity contribution in [2.75, 3.05) is 4.90 Å². The van der Waals surface area contributed by atoms with Gasteiger partial charge in [-0.3, -0.25) is 0 Å². The molecule has 1 aliphatic heterocycles. The fraction of sp³-hybridized carbons (Fsp3) is 0.0323. The van der Waals surface area contributed by atoms with E-state index >= 15 is 0 Å². The van der Waals surface area contributed by atoms with Crippen molar-refractivity contribution in [1.82, 2.24) is 14.5 Å². The summed E-state index contributed by atoms with van der Waals surface area (Å²) >= 11 is 1.84. The second-order valence-electron chi connectivity index (χ2n) is 17.3. The summed E-state index contributed by atoms with van der Waals surface area (Å²) in [7, 11) is 0. The number of hydrogen-bond acceptors (Lipinski definition) is 4. The summed E-state index contributed by atoms with van der Waals surface area (Å²) in [6.45, 7) is 0. The number of aromatic nitrogens is 3. The molecule has 0 amide bonds. The van der Waals surface area contributed by atoms with Crippen molar-refractivity contribution in [3.63, 3.8) is 0 Å². The molecule has 1 atom stereocenters. The lowest BCUT2D eigenvalue weighted by Gasteiger charge is -2.33. The minimum Gasteiger partial charge on any atom is -0.309 e.